The lowest BCUT2D eigenvalue weighted by Gasteiger charge is -2.27. The number of benzene rings is 1. The van der Waals surface area contributed by atoms with Crippen molar-refractivity contribution in [3.63, 3.8) is 0 Å². The lowest BCUT2D eigenvalue weighted by Crippen LogP contribution is -2.46. The Morgan fingerprint density at radius 1 is 1.32 bits per heavy atom. The molecule has 0 radical (unpaired) electrons. The predicted octanol–water partition coefficient (Wildman–Crippen LogP) is 2.47. The fourth-order valence-corrected chi connectivity index (χ4v) is 2.98. The molecule has 0 aliphatic carbocycles. The smallest absolute Gasteiger partial charge is 0.223 e. The molecule has 5 nitrogen and oxygen atoms in total. The summed E-state index contributed by atoms with van der Waals surface area (Å²) in [5, 5.41) is 3.24. The van der Waals surface area contributed by atoms with Crippen LogP contribution in [0.25, 0.3) is 11.3 Å². The van der Waals surface area contributed by atoms with Crippen LogP contribution in [0.4, 0.5) is 0 Å². The summed E-state index contributed by atoms with van der Waals surface area (Å²) in [5.41, 5.74) is 0.967. The van der Waals surface area contributed by atoms with Crippen molar-refractivity contribution in [3.05, 3.63) is 40.8 Å². The minimum atomic E-state index is 0.169. The van der Waals surface area contributed by atoms with Crippen molar-refractivity contribution in [1.29, 1.82) is 0 Å². The van der Waals surface area contributed by atoms with Crippen molar-refractivity contribution in [1.82, 2.24) is 15.2 Å². The van der Waals surface area contributed by atoms with E-state index in [-0.39, 0.29) is 5.91 Å². The van der Waals surface area contributed by atoms with Gasteiger partial charge in [-0.1, -0.05) is 34.1 Å². The summed E-state index contributed by atoms with van der Waals surface area (Å²) in [6.45, 7) is 3.31. The van der Waals surface area contributed by atoms with Gasteiger partial charge in [0.2, 0.25) is 5.91 Å². The van der Waals surface area contributed by atoms with Crippen molar-refractivity contribution in [3.8, 4) is 11.3 Å². The van der Waals surface area contributed by atoms with Gasteiger partial charge in [-0.05, 0) is 6.07 Å². The van der Waals surface area contributed by atoms with E-state index in [0.717, 1.165) is 42.0 Å². The number of nitrogens with one attached hydrogen (secondary N) is 1. The van der Waals surface area contributed by atoms with Crippen LogP contribution in [0, 0.1) is 0 Å². The summed E-state index contributed by atoms with van der Waals surface area (Å²) in [4.78, 5) is 18.3. The van der Waals surface area contributed by atoms with Gasteiger partial charge in [0, 0.05) is 49.1 Å². The van der Waals surface area contributed by atoms with Crippen LogP contribution in [0.1, 0.15) is 12.3 Å². The molecule has 1 N–H and O–H groups in total. The molecule has 0 unspecified atom stereocenters. The lowest BCUT2D eigenvalue weighted by atomic mass is 10.2. The number of carbonyl (C=O) groups excluding carboxylic acids is 1. The number of amides is 1. The molecule has 1 aliphatic rings. The van der Waals surface area contributed by atoms with Crippen LogP contribution >= 0.6 is 15.9 Å². The molecule has 1 aromatic heterocycles. The summed E-state index contributed by atoms with van der Waals surface area (Å²) in [6, 6.07) is 7.85. The maximum absolute atomic E-state index is 12.1. The van der Waals surface area contributed by atoms with Gasteiger partial charge in [0.1, 0.15) is 0 Å². The molecule has 0 saturated carbocycles. The number of oxazole rings is 1. The van der Waals surface area contributed by atoms with Gasteiger partial charge in [0.15, 0.2) is 11.7 Å². The molecular weight excluding hydrogens is 346 g/mol. The summed E-state index contributed by atoms with van der Waals surface area (Å²) < 4.78 is 6.73. The zero-order valence-corrected chi connectivity index (χ0v) is 13.8. The van der Waals surface area contributed by atoms with Crippen molar-refractivity contribution in [2.24, 2.45) is 0 Å². The molecule has 3 rings (SSSR count). The van der Waals surface area contributed by atoms with Crippen LogP contribution in [-0.4, -0.2) is 42.0 Å². The number of aromatic nitrogens is 1. The van der Waals surface area contributed by atoms with Crippen molar-refractivity contribution < 1.29 is 9.21 Å². The molecule has 6 heteroatoms. The predicted molar refractivity (Wildman–Crippen MR) is 87.4 cm³/mol. The molecule has 2 aromatic rings. The molecule has 1 fully saturated rings. The van der Waals surface area contributed by atoms with E-state index in [1.54, 1.807) is 6.20 Å². The second-order valence-electron chi connectivity index (χ2n) is 5.23. The molecule has 22 heavy (non-hydrogen) atoms. The molecule has 2 heterocycles. The molecule has 0 atom stereocenters. The Morgan fingerprint density at radius 3 is 2.86 bits per heavy atom. The average Bonchev–Trinajstić information content (AvgIpc) is 3.02. The van der Waals surface area contributed by atoms with E-state index in [9.17, 15) is 4.79 Å². The highest BCUT2D eigenvalue weighted by Crippen LogP contribution is 2.28. The van der Waals surface area contributed by atoms with Gasteiger partial charge >= 0.3 is 0 Å². The number of rotatable bonds is 4. The Hall–Kier alpha value is -1.66. The van der Waals surface area contributed by atoms with E-state index >= 15 is 0 Å². The van der Waals surface area contributed by atoms with Crippen molar-refractivity contribution >= 4 is 21.8 Å². The van der Waals surface area contributed by atoms with Gasteiger partial charge in [0.25, 0.3) is 0 Å². The van der Waals surface area contributed by atoms with Gasteiger partial charge in [-0.2, -0.15) is 0 Å². The third-order valence-corrected chi connectivity index (χ3v) is 4.41. The van der Waals surface area contributed by atoms with Crippen LogP contribution in [0.3, 0.4) is 0 Å². The van der Waals surface area contributed by atoms with Gasteiger partial charge < -0.3 is 14.6 Å². The largest absolute Gasteiger partial charge is 0.441 e. The van der Waals surface area contributed by atoms with Crippen LogP contribution in [0.15, 0.2) is 39.4 Å². The fraction of sp³-hybridized carbons (Fsp3) is 0.375. The highest BCUT2D eigenvalue weighted by Gasteiger charge is 2.17. The first-order chi connectivity index (χ1) is 10.7. The van der Waals surface area contributed by atoms with Gasteiger partial charge in [-0.15, -0.1) is 0 Å². The standard InChI is InChI=1S/C16H18BrN3O2/c17-13-4-2-1-3-12(13)14-11-19-15(22-14)5-6-16(21)20-9-7-18-8-10-20/h1-4,11,18H,5-10H2. The van der Waals surface area contributed by atoms with E-state index < -0.39 is 0 Å². The Balaban J connectivity index is 1.60. The van der Waals surface area contributed by atoms with Gasteiger partial charge in [-0.25, -0.2) is 4.98 Å². The van der Waals surface area contributed by atoms with E-state index in [2.05, 4.69) is 26.2 Å². The van der Waals surface area contributed by atoms with E-state index in [0.29, 0.717) is 18.7 Å². The van der Waals surface area contributed by atoms with Crippen LogP contribution in [0.5, 0.6) is 0 Å². The number of carbonyl (C=O) groups is 1. The highest BCUT2D eigenvalue weighted by atomic mass is 79.9. The van der Waals surface area contributed by atoms with Crippen LogP contribution < -0.4 is 5.32 Å². The maximum atomic E-state index is 12.1. The quantitative estimate of drug-likeness (QED) is 0.906. The van der Waals surface area contributed by atoms with Crippen LogP contribution in [0.2, 0.25) is 0 Å². The summed E-state index contributed by atoms with van der Waals surface area (Å²) in [7, 11) is 0. The maximum Gasteiger partial charge on any atom is 0.223 e. The molecule has 1 amide bonds. The number of hydrogen-bond acceptors (Lipinski definition) is 4. The van der Waals surface area contributed by atoms with Crippen molar-refractivity contribution in [2.45, 2.75) is 12.8 Å². The van der Waals surface area contributed by atoms with E-state index in [4.69, 9.17) is 4.42 Å². The lowest BCUT2D eigenvalue weighted by molar-refractivity contribution is -0.131. The Kier molecular flexibility index (Phi) is 4.90. The average molecular weight is 364 g/mol. The zero-order valence-electron chi connectivity index (χ0n) is 12.2. The SMILES string of the molecule is O=C(CCc1ncc(-c2ccccc2Br)o1)N1CCNCC1. The minimum Gasteiger partial charge on any atom is -0.441 e. The van der Waals surface area contributed by atoms with Crippen molar-refractivity contribution in [2.75, 3.05) is 26.2 Å². The first-order valence-corrected chi connectivity index (χ1v) is 8.21. The monoisotopic (exact) mass is 363 g/mol. The number of aryl methyl sites for hydroxylation is 1. The Morgan fingerprint density at radius 2 is 2.09 bits per heavy atom. The number of nitrogens with zero attached hydrogens (tertiary/aromatic N) is 2. The second kappa shape index (κ2) is 7.07. The normalized spacial score (nSPS) is 15.0. The minimum absolute atomic E-state index is 0.169. The summed E-state index contributed by atoms with van der Waals surface area (Å²) in [5.74, 6) is 1.49. The second-order valence-corrected chi connectivity index (χ2v) is 6.08. The highest BCUT2D eigenvalue weighted by molar-refractivity contribution is 9.10. The van der Waals surface area contributed by atoms with Gasteiger partial charge in [0.05, 0.1) is 6.20 Å². The first kappa shape index (κ1) is 15.2. The number of piperazine rings is 1. The molecule has 1 aromatic carbocycles. The molecule has 116 valence electrons. The fourth-order valence-electron chi connectivity index (χ4n) is 2.50. The Labute approximate surface area is 137 Å². The third-order valence-electron chi connectivity index (χ3n) is 3.72. The van der Waals surface area contributed by atoms with E-state index in [1.165, 1.54) is 0 Å². The number of hydrogen-bond donors (Lipinski definition) is 1. The molecule has 1 aliphatic heterocycles. The molecule has 0 bridgehead atoms. The third kappa shape index (κ3) is 3.56. The molecular formula is C16H18BrN3O2. The Bertz CT molecular complexity index is 650. The summed E-state index contributed by atoms with van der Waals surface area (Å²) >= 11 is 3.50. The van der Waals surface area contributed by atoms with Crippen LogP contribution in [-0.2, 0) is 11.2 Å². The van der Waals surface area contributed by atoms with E-state index in [1.807, 2.05) is 29.2 Å². The van der Waals surface area contributed by atoms with Gasteiger partial charge in [-0.3, -0.25) is 4.79 Å². The summed E-state index contributed by atoms with van der Waals surface area (Å²) in [6.07, 6.45) is 2.69. The topological polar surface area (TPSA) is 58.4 Å². The molecule has 0 spiro atoms. The molecule has 1 saturated heterocycles. The number of halogens is 1. The first-order valence-electron chi connectivity index (χ1n) is 7.42. The zero-order chi connectivity index (χ0) is 15.4.